The molecule has 1 unspecified atom stereocenters. The number of piperazine rings is 1. The zero-order valence-electron chi connectivity index (χ0n) is 10.5. The lowest BCUT2D eigenvalue weighted by atomic mass is 10.2. The van der Waals surface area contributed by atoms with Crippen LogP contribution in [0.3, 0.4) is 0 Å². The number of halogens is 2. The van der Waals surface area contributed by atoms with Crippen molar-refractivity contribution in [2.24, 2.45) is 0 Å². The Hall–Kier alpha value is -0.660. The monoisotopic (exact) mass is 391 g/mol. The van der Waals surface area contributed by atoms with E-state index in [4.69, 9.17) is 4.74 Å². The van der Waals surface area contributed by atoms with Crippen molar-refractivity contribution in [3.63, 3.8) is 0 Å². The summed E-state index contributed by atoms with van der Waals surface area (Å²) in [6.45, 7) is 4.31. The minimum absolute atomic E-state index is 0.216. The summed E-state index contributed by atoms with van der Waals surface area (Å²) < 4.78 is 6.88. The Labute approximate surface area is 129 Å². The fourth-order valence-electron chi connectivity index (χ4n) is 2.03. The number of hydrogen-bond donors (Lipinski definition) is 1. The predicted molar refractivity (Wildman–Crippen MR) is 80.3 cm³/mol. The van der Waals surface area contributed by atoms with Gasteiger partial charge in [0, 0.05) is 30.3 Å². The number of ether oxygens (including phenoxy) is 1. The van der Waals surface area contributed by atoms with E-state index < -0.39 is 0 Å². The summed E-state index contributed by atoms with van der Waals surface area (Å²) in [7, 11) is 0. The van der Waals surface area contributed by atoms with Crippen molar-refractivity contribution in [2.75, 3.05) is 31.1 Å². The van der Waals surface area contributed by atoms with E-state index in [0.717, 1.165) is 27.9 Å². The maximum absolute atomic E-state index is 12.0. The van der Waals surface area contributed by atoms with Crippen LogP contribution in [0.2, 0.25) is 0 Å². The van der Waals surface area contributed by atoms with Crippen molar-refractivity contribution in [1.29, 1.82) is 0 Å². The Balaban J connectivity index is 2.26. The summed E-state index contributed by atoms with van der Waals surface area (Å²) in [6.07, 6.45) is 1.73. The lowest BCUT2D eigenvalue weighted by molar-refractivity contribution is -0.144. The molecule has 1 saturated heterocycles. The van der Waals surface area contributed by atoms with E-state index in [-0.39, 0.29) is 12.0 Å². The smallest absolute Gasteiger partial charge is 0.330 e. The minimum Gasteiger partial charge on any atom is -0.464 e. The average Bonchev–Trinajstić information content (AvgIpc) is 2.39. The zero-order valence-corrected chi connectivity index (χ0v) is 13.7. The van der Waals surface area contributed by atoms with Crippen LogP contribution in [-0.4, -0.2) is 43.2 Å². The Morgan fingerprint density at radius 3 is 3.11 bits per heavy atom. The first-order valence-electron chi connectivity index (χ1n) is 6.08. The standard InChI is InChI=1S/C12H15Br2N3O2/c1-2-19-12(18)10-7-15-3-4-17(10)11-9(14)5-8(13)6-16-11/h5-6,10,15H,2-4,7H2,1H3. The summed E-state index contributed by atoms with van der Waals surface area (Å²) in [5.41, 5.74) is 0. The molecule has 1 atom stereocenters. The molecule has 1 N–H and O–H groups in total. The van der Waals surface area contributed by atoms with E-state index in [2.05, 4.69) is 42.2 Å². The number of carbonyl (C=O) groups is 1. The Kier molecular flexibility index (Phi) is 5.18. The fourth-order valence-corrected chi connectivity index (χ4v) is 3.24. The molecule has 1 aliphatic rings. The van der Waals surface area contributed by atoms with Crippen LogP contribution in [0.15, 0.2) is 21.2 Å². The van der Waals surface area contributed by atoms with E-state index in [1.54, 1.807) is 6.20 Å². The molecule has 0 amide bonds. The summed E-state index contributed by atoms with van der Waals surface area (Å²) in [6, 6.07) is 1.59. The Morgan fingerprint density at radius 1 is 1.63 bits per heavy atom. The molecule has 1 aliphatic heterocycles. The number of aromatic nitrogens is 1. The third kappa shape index (κ3) is 3.46. The summed E-state index contributed by atoms with van der Waals surface area (Å²) in [5.74, 6) is 0.550. The molecule has 104 valence electrons. The first-order chi connectivity index (χ1) is 9.13. The molecule has 0 radical (unpaired) electrons. The zero-order chi connectivity index (χ0) is 13.8. The highest BCUT2D eigenvalue weighted by molar-refractivity contribution is 9.11. The second kappa shape index (κ2) is 6.67. The van der Waals surface area contributed by atoms with Crippen LogP contribution in [0.1, 0.15) is 6.92 Å². The number of hydrogen-bond acceptors (Lipinski definition) is 5. The molecule has 0 aliphatic carbocycles. The van der Waals surface area contributed by atoms with Crippen LogP contribution in [0.4, 0.5) is 5.82 Å². The minimum atomic E-state index is -0.335. The number of pyridine rings is 1. The van der Waals surface area contributed by atoms with E-state index in [1.807, 2.05) is 17.9 Å². The van der Waals surface area contributed by atoms with Gasteiger partial charge in [-0.25, -0.2) is 9.78 Å². The molecule has 1 aromatic heterocycles. The molecule has 19 heavy (non-hydrogen) atoms. The second-order valence-electron chi connectivity index (χ2n) is 4.12. The highest BCUT2D eigenvalue weighted by Crippen LogP contribution is 2.28. The molecule has 7 heteroatoms. The van der Waals surface area contributed by atoms with Crippen LogP contribution >= 0.6 is 31.9 Å². The normalized spacial score (nSPS) is 19.3. The molecular weight excluding hydrogens is 378 g/mol. The summed E-state index contributed by atoms with van der Waals surface area (Å²) in [5, 5.41) is 3.21. The van der Waals surface area contributed by atoms with Crippen molar-refractivity contribution in [3.05, 3.63) is 21.2 Å². The molecule has 0 saturated carbocycles. The first-order valence-corrected chi connectivity index (χ1v) is 7.67. The SMILES string of the molecule is CCOC(=O)C1CNCCN1c1ncc(Br)cc1Br. The topological polar surface area (TPSA) is 54.5 Å². The molecular formula is C12H15Br2N3O2. The molecule has 2 heterocycles. The fraction of sp³-hybridized carbons (Fsp3) is 0.500. The molecule has 0 aromatic carbocycles. The third-order valence-corrected chi connectivity index (χ3v) is 3.88. The van der Waals surface area contributed by atoms with E-state index in [0.29, 0.717) is 13.2 Å². The number of rotatable bonds is 3. The van der Waals surface area contributed by atoms with E-state index in [9.17, 15) is 4.79 Å². The maximum Gasteiger partial charge on any atom is 0.330 e. The maximum atomic E-state index is 12.0. The highest BCUT2D eigenvalue weighted by Gasteiger charge is 2.31. The Bertz CT molecular complexity index is 470. The van der Waals surface area contributed by atoms with Gasteiger partial charge >= 0.3 is 5.97 Å². The number of esters is 1. The van der Waals surface area contributed by atoms with Gasteiger partial charge in [0.05, 0.1) is 11.1 Å². The van der Waals surface area contributed by atoms with Gasteiger partial charge in [-0.2, -0.15) is 0 Å². The predicted octanol–water partition coefficient (Wildman–Crippen LogP) is 1.95. The van der Waals surface area contributed by atoms with Crippen molar-refractivity contribution < 1.29 is 9.53 Å². The van der Waals surface area contributed by atoms with Crippen LogP contribution in [0, 0.1) is 0 Å². The largest absolute Gasteiger partial charge is 0.464 e. The number of carbonyl (C=O) groups excluding carboxylic acids is 1. The summed E-state index contributed by atoms with van der Waals surface area (Å²) in [4.78, 5) is 18.4. The highest BCUT2D eigenvalue weighted by atomic mass is 79.9. The number of nitrogens with zero attached hydrogens (tertiary/aromatic N) is 2. The van der Waals surface area contributed by atoms with Gasteiger partial charge < -0.3 is 15.0 Å². The lowest BCUT2D eigenvalue weighted by Crippen LogP contribution is -2.56. The van der Waals surface area contributed by atoms with Gasteiger partial charge in [0.1, 0.15) is 11.9 Å². The van der Waals surface area contributed by atoms with Gasteiger partial charge in [-0.3, -0.25) is 0 Å². The number of nitrogens with one attached hydrogen (secondary N) is 1. The van der Waals surface area contributed by atoms with Gasteiger partial charge in [0.2, 0.25) is 0 Å². The van der Waals surface area contributed by atoms with Crippen molar-refractivity contribution in [2.45, 2.75) is 13.0 Å². The van der Waals surface area contributed by atoms with Crippen molar-refractivity contribution >= 4 is 43.6 Å². The molecule has 0 bridgehead atoms. The summed E-state index contributed by atoms with van der Waals surface area (Å²) >= 11 is 6.87. The molecule has 2 rings (SSSR count). The van der Waals surface area contributed by atoms with Gasteiger partial charge in [0.25, 0.3) is 0 Å². The lowest BCUT2D eigenvalue weighted by Gasteiger charge is -2.35. The van der Waals surface area contributed by atoms with Gasteiger partial charge in [-0.15, -0.1) is 0 Å². The van der Waals surface area contributed by atoms with Crippen molar-refractivity contribution in [1.82, 2.24) is 10.3 Å². The van der Waals surface area contributed by atoms with Crippen LogP contribution in [0.25, 0.3) is 0 Å². The van der Waals surface area contributed by atoms with Gasteiger partial charge in [-0.05, 0) is 44.8 Å². The first kappa shape index (κ1) is 14.7. The van der Waals surface area contributed by atoms with Crippen LogP contribution < -0.4 is 10.2 Å². The second-order valence-corrected chi connectivity index (χ2v) is 5.89. The van der Waals surface area contributed by atoms with E-state index >= 15 is 0 Å². The van der Waals surface area contributed by atoms with Crippen LogP contribution in [-0.2, 0) is 9.53 Å². The molecule has 1 fully saturated rings. The van der Waals surface area contributed by atoms with Crippen LogP contribution in [0.5, 0.6) is 0 Å². The van der Waals surface area contributed by atoms with Gasteiger partial charge in [-0.1, -0.05) is 0 Å². The van der Waals surface area contributed by atoms with E-state index in [1.165, 1.54) is 0 Å². The Morgan fingerprint density at radius 2 is 2.42 bits per heavy atom. The van der Waals surface area contributed by atoms with Crippen molar-refractivity contribution in [3.8, 4) is 0 Å². The third-order valence-electron chi connectivity index (χ3n) is 2.86. The molecule has 5 nitrogen and oxygen atoms in total. The molecule has 0 spiro atoms. The number of anilines is 1. The molecule has 1 aromatic rings. The van der Waals surface area contributed by atoms with Gasteiger partial charge in [0.15, 0.2) is 0 Å². The average molecular weight is 393 g/mol. The quantitative estimate of drug-likeness (QED) is 0.796.